The van der Waals surface area contributed by atoms with Crippen LogP contribution in [-0.4, -0.2) is 59.9 Å². The van der Waals surface area contributed by atoms with Crippen LogP contribution >= 0.6 is 0 Å². The minimum absolute atomic E-state index is 0.0364. The molecule has 5 heteroatoms. The fourth-order valence-corrected chi connectivity index (χ4v) is 2.67. The van der Waals surface area contributed by atoms with Crippen LogP contribution in [0.2, 0.25) is 0 Å². The molecule has 0 aromatic rings. The van der Waals surface area contributed by atoms with Gasteiger partial charge in [0.1, 0.15) is 0 Å². The van der Waals surface area contributed by atoms with Gasteiger partial charge in [0.25, 0.3) is 0 Å². The molecule has 1 amide bonds. The molecule has 2 aliphatic heterocycles. The fourth-order valence-electron chi connectivity index (χ4n) is 2.67. The van der Waals surface area contributed by atoms with E-state index in [0.717, 1.165) is 19.4 Å². The minimum Gasteiger partial charge on any atom is -0.394 e. The van der Waals surface area contributed by atoms with Gasteiger partial charge in [-0.1, -0.05) is 0 Å². The van der Waals surface area contributed by atoms with Gasteiger partial charge >= 0.3 is 0 Å². The quantitative estimate of drug-likeness (QED) is 0.700. The summed E-state index contributed by atoms with van der Waals surface area (Å²) in [7, 11) is 0. The Labute approximate surface area is 102 Å². The number of aliphatic hydroxyl groups is 1. The zero-order valence-corrected chi connectivity index (χ0v) is 10.6. The monoisotopic (exact) mass is 242 g/mol. The number of amides is 1. The van der Waals surface area contributed by atoms with Crippen molar-refractivity contribution < 1.29 is 14.6 Å². The lowest BCUT2D eigenvalue weighted by Crippen LogP contribution is -2.58. The van der Waals surface area contributed by atoms with E-state index in [1.54, 1.807) is 0 Å². The predicted molar refractivity (Wildman–Crippen MR) is 63.6 cm³/mol. The third-order valence-corrected chi connectivity index (χ3v) is 3.36. The minimum atomic E-state index is -0.375. The Balaban J connectivity index is 2.01. The maximum Gasteiger partial charge on any atom is 0.239 e. The standard InChI is InChI=1S/C12H22N2O3/c1-12(2)8-14(6-9(7-15)17-12)11(16)10-4-3-5-13-10/h9-10,13,15H,3-8H2,1-2H3/t9?,10-/m0/s1. The molecular weight excluding hydrogens is 220 g/mol. The van der Waals surface area contributed by atoms with Crippen LogP contribution in [0.15, 0.2) is 0 Å². The molecule has 2 fully saturated rings. The summed E-state index contributed by atoms with van der Waals surface area (Å²) in [5.74, 6) is 0.150. The third kappa shape index (κ3) is 2.97. The molecule has 2 N–H and O–H groups in total. The number of ether oxygens (including phenoxy) is 1. The van der Waals surface area contributed by atoms with Crippen molar-refractivity contribution in [2.45, 2.75) is 44.4 Å². The average molecular weight is 242 g/mol. The second-order valence-electron chi connectivity index (χ2n) is 5.55. The number of nitrogens with zero attached hydrogens (tertiary/aromatic N) is 1. The molecule has 2 aliphatic rings. The normalized spacial score (nSPS) is 32.8. The first-order chi connectivity index (χ1) is 8.02. The van der Waals surface area contributed by atoms with Gasteiger partial charge in [0, 0.05) is 13.1 Å². The lowest BCUT2D eigenvalue weighted by atomic mass is 10.0. The zero-order valence-electron chi connectivity index (χ0n) is 10.6. The van der Waals surface area contributed by atoms with E-state index >= 15 is 0 Å². The summed E-state index contributed by atoms with van der Waals surface area (Å²) in [4.78, 5) is 14.1. The van der Waals surface area contributed by atoms with Gasteiger partial charge in [0.2, 0.25) is 5.91 Å². The Kier molecular flexibility index (Phi) is 3.70. The first-order valence-corrected chi connectivity index (χ1v) is 6.33. The molecule has 0 spiro atoms. The lowest BCUT2D eigenvalue weighted by molar-refractivity contribution is -0.168. The number of nitrogens with one attached hydrogen (secondary N) is 1. The fraction of sp³-hybridized carbons (Fsp3) is 0.917. The van der Waals surface area contributed by atoms with Crippen molar-refractivity contribution in [2.75, 3.05) is 26.2 Å². The van der Waals surface area contributed by atoms with Crippen LogP contribution in [0.3, 0.4) is 0 Å². The number of rotatable bonds is 2. The first kappa shape index (κ1) is 12.8. The number of hydrogen-bond acceptors (Lipinski definition) is 4. The molecule has 0 aromatic carbocycles. The van der Waals surface area contributed by atoms with Crippen molar-refractivity contribution in [3.63, 3.8) is 0 Å². The summed E-state index contributed by atoms with van der Waals surface area (Å²) in [6, 6.07) is -0.0387. The van der Waals surface area contributed by atoms with Crippen molar-refractivity contribution in [3.8, 4) is 0 Å². The Morgan fingerprint density at radius 3 is 2.94 bits per heavy atom. The predicted octanol–water partition coefficient (Wildman–Crippen LogP) is -0.263. The van der Waals surface area contributed by atoms with E-state index in [9.17, 15) is 9.90 Å². The van der Waals surface area contributed by atoms with Crippen LogP contribution in [0.5, 0.6) is 0 Å². The molecule has 1 unspecified atom stereocenters. The van der Waals surface area contributed by atoms with Gasteiger partial charge in [-0.05, 0) is 33.2 Å². The molecule has 0 radical (unpaired) electrons. The summed E-state index contributed by atoms with van der Waals surface area (Å²) < 4.78 is 5.70. The van der Waals surface area contributed by atoms with Gasteiger partial charge < -0.3 is 20.1 Å². The molecule has 0 saturated carbocycles. The Morgan fingerprint density at radius 2 is 2.35 bits per heavy atom. The van der Waals surface area contributed by atoms with Crippen molar-refractivity contribution >= 4 is 5.91 Å². The van der Waals surface area contributed by atoms with Gasteiger partial charge in [0.05, 0.1) is 24.4 Å². The molecule has 2 heterocycles. The van der Waals surface area contributed by atoms with Crippen LogP contribution in [0.1, 0.15) is 26.7 Å². The van der Waals surface area contributed by atoms with Crippen LogP contribution in [0.25, 0.3) is 0 Å². The maximum atomic E-state index is 12.3. The van der Waals surface area contributed by atoms with E-state index in [-0.39, 0.29) is 30.3 Å². The SMILES string of the molecule is CC1(C)CN(C(=O)[C@@H]2CCCN2)CC(CO)O1. The van der Waals surface area contributed by atoms with Crippen molar-refractivity contribution in [1.29, 1.82) is 0 Å². The molecule has 0 aliphatic carbocycles. The van der Waals surface area contributed by atoms with Gasteiger partial charge in [-0.3, -0.25) is 4.79 Å². The Morgan fingerprint density at radius 1 is 1.59 bits per heavy atom. The van der Waals surface area contributed by atoms with Crippen molar-refractivity contribution in [3.05, 3.63) is 0 Å². The van der Waals surface area contributed by atoms with E-state index in [4.69, 9.17) is 4.74 Å². The smallest absolute Gasteiger partial charge is 0.239 e. The third-order valence-electron chi connectivity index (χ3n) is 3.36. The Hall–Kier alpha value is -0.650. The first-order valence-electron chi connectivity index (χ1n) is 6.33. The van der Waals surface area contributed by atoms with Gasteiger partial charge in [-0.25, -0.2) is 0 Å². The van der Waals surface area contributed by atoms with Crippen LogP contribution in [0, 0.1) is 0 Å². The number of morpholine rings is 1. The lowest BCUT2D eigenvalue weighted by Gasteiger charge is -2.43. The largest absolute Gasteiger partial charge is 0.394 e. The number of aliphatic hydroxyl groups excluding tert-OH is 1. The summed E-state index contributed by atoms with van der Waals surface area (Å²) >= 11 is 0. The van der Waals surface area contributed by atoms with E-state index in [1.165, 1.54) is 0 Å². The maximum absolute atomic E-state index is 12.3. The summed E-state index contributed by atoms with van der Waals surface area (Å²) in [6.07, 6.45) is 1.72. The van der Waals surface area contributed by atoms with Crippen molar-refractivity contribution in [1.82, 2.24) is 10.2 Å². The molecule has 98 valence electrons. The highest BCUT2D eigenvalue weighted by molar-refractivity contribution is 5.82. The average Bonchev–Trinajstić information content (AvgIpc) is 2.79. The second-order valence-corrected chi connectivity index (χ2v) is 5.55. The highest BCUT2D eigenvalue weighted by atomic mass is 16.5. The van der Waals surface area contributed by atoms with Crippen LogP contribution in [0.4, 0.5) is 0 Å². The molecular formula is C12H22N2O3. The Bertz CT molecular complexity index is 287. The summed E-state index contributed by atoms with van der Waals surface area (Å²) in [5.41, 5.74) is -0.375. The highest BCUT2D eigenvalue weighted by Crippen LogP contribution is 2.22. The molecule has 0 bridgehead atoms. The number of carbonyl (C=O) groups excluding carboxylic acids is 1. The topological polar surface area (TPSA) is 61.8 Å². The van der Waals surface area contributed by atoms with Gasteiger partial charge in [0.15, 0.2) is 0 Å². The van der Waals surface area contributed by atoms with Gasteiger partial charge in [-0.15, -0.1) is 0 Å². The molecule has 2 rings (SSSR count). The molecule has 2 saturated heterocycles. The second kappa shape index (κ2) is 4.92. The number of hydrogen-bond donors (Lipinski definition) is 2. The summed E-state index contributed by atoms with van der Waals surface area (Å²) in [5, 5.41) is 12.4. The molecule has 0 aromatic heterocycles. The molecule has 5 nitrogen and oxygen atoms in total. The van der Waals surface area contributed by atoms with E-state index < -0.39 is 0 Å². The number of carbonyl (C=O) groups is 1. The van der Waals surface area contributed by atoms with E-state index in [1.807, 2.05) is 18.7 Å². The van der Waals surface area contributed by atoms with E-state index in [0.29, 0.717) is 13.1 Å². The van der Waals surface area contributed by atoms with E-state index in [2.05, 4.69) is 5.32 Å². The zero-order chi connectivity index (χ0) is 12.5. The van der Waals surface area contributed by atoms with Gasteiger partial charge in [-0.2, -0.15) is 0 Å². The molecule has 17 heavy (non-hydrogen) atoms. The van der Waals surface area contributed by atoms with Crippen LogP contribution in [-0.2, 0) is 9.53 Å². The summed E-state index contributed by atoms with van der Waals surface area (Å²) in [6.45, 7) is 5.89. The highest BCUT2D eigenvalue weighted by Gasteiger charge is 2.37. The van der Waals surface area contributed by atoms with Crippen LogP contribution < -0.4 is 5.32 Å². The van der Waals surface area contributed by atoms with Crippen molar-refractivity contribution in [2.24, 2.45) is 0 Å². The molecule has 2 atom stereocenters.